The SMILES string of the molecule is CCC[C@H](I)[C@@H]1C[C@@]2(CC[C@H]3[C@@H]4CCc5cc(C)ccc5[C@H]4CC[C@@]32C)O1. The average Bonchev–Trinajstić information content (AvgIpc) is 2.93. The Labute approximate surface area is 179 Å². The molecule has 1 nitrogen and oxygen atoms in total. The van der Waals surface area contributed by atoms with E-state index in [4.69, 9.17) is 4.74 Å². The molecule has 1 saturated heterocycles. The van der Waals surface area contributed by atoms with Crippen molar-refractivity contribution < 1.29 is 4.74 Å². The van der Waals surface area contributed by atoms with Gasteiger partial charge in [0.2, 0.25) is 0 Å². The van der Waals surface area contributed by atoms with Gasteiger partial charge in [-0.1, -0.05) is 66.6 Å². The summed E-state index contributed by atoms with van der Waals surface area (Å²) >= 11 is 2.65. The summed E-state index contributed by atoms with van der Waals surface area (Å²) in [4.78, 5) is 0. The van der Waals surface area contributed by atoms with Gasteiger partial charge in [0.25, 0.3) is 0 Å². The third-order valence-corrected chi connectivity index (χ3v) is 10.5. The van der Waals surface area contributed by atoms with Crippen LogP contribution in [-0.4, -0.2) is 15.6 Å². The van der Waals surface area contributed by atoms with E-state index < -0.39 is 0 Å². The van der Waals surface area contributed by atoms with Crippen LogP contribution in [0.4, 0.5) is 0 Å². The Kier molecular flexibility index (Phi) is 4.71. The highest BCUT2D eigenvalue weighted by atomic mass is 127. The van der Waals surface area contributed by atoms with E-state index in [-0.39, 0.29) is 5.60 Å². The van der Waals surface area contributed by atoms with Crippen molar-refractivity contribution in [1.29, 1.82) is 0 Å². The molecule has 0 unspecified atom stereocenters. The summed E-state index contributed by atoms with van der Waals surface area (Å²) < 4.78 is 7.54. The minimum absolute atomic E-state index is 0.220. The van der Waals surface area contributed by atoms with Gasteiger partial charge in [-0.05, 0) is 86.2 Å². The van der Waals surface area contributed by atoms with E-state index in [9.17, 15) is 0 Å². The number of alkyl halides is 1. The molecule has 0 radical (unpaired) electrons. The van der Waals surface area contributed by atoms with Crippen LogP contribution < -0.4 is 0 Å². The lowest BCUT2D eigenvalue weighted by atomic mass is 9.52. The van der Waals surface area contributed by atoms with E-state index in [1.165, 1.54) is 63.4 Å². The predicted molar refractivity (Wildman–Crippen MR) is 121 cm³/mol. The molecule has 7 atom stereocenters. The lowest BCUT2D eigenvalue weighted by molar-refractivity contribution is -0.262. The fourth-order valence-electron chi connectivity index (χ4n) is 7.60. The van der Waals surface area contributed by atoms with Gasteiger partial charge in [0, 0.05) is 10.3 Å². The molecule has 1 aliphatic heterocycles. The maximum Gasteiger partial charge on any atom is 0.0768 e. The first-order valence-electron chi connectivity index (χ1n) is 11.4. The summed E-state index contributed by atoms with van der Waals surface area (Å²) in [6.45, 7) is 7.16. The molecule has 0 N–H and O–H groups in total. The van der Waals surface area contributed by atoms with Crippen molar-refractivity contribution in [2.24, 2.45) is 17.3 Å². The second-order valence-corrected chi connectivity index (χ2v) is 11.9. The van der Waals surface area contributed by atoms with Gasteiger partial charge in [0.15, 0.2) is 0 Å². The van der Waals surface area contributed by atoms with Crippen molar-refractivity contribution in [3.05, 3.63) is 34.9 Å². The fourth-order valence-corrected chi connectivity index (χ4v) is 8.62. The van der Waals surface area contributed by atoms with E-state index in [1.54, 1.807) is 11.1 Å². The minimum atomic E-state index is 0.220. The van der Waals surface area contributed by atoms with Gasteiger partial charge in [-0.3, -0.25) is 0 Å². The van der Waals surface area contributed by atoms with Crippen LogP contribution in [0.5, 0.6) is 0 Å². The van der Waals surface area contributed by atoms with Crippen LogP contribution in [0.2, 0.25) is 0 Å². The molecule has 5 rings (SSSR count). The zero-order valence-electron chi connectivity index (χ0n) is 17.3. The quantitative estimate of drug-likeness (QED) is 0.336. The largest absolute Gasteiger partial charge is 0.370 e. The van der Waals surface area contributed by atoms with Crippen LogP contribution in [0.1, 0.15) is 87.8 Å². The van der Waals surface area contributed by atoms with Crippen molar-refractivity contribution in [2.45, 2.75) is 100 Å². The highest BCUT2D eigenvalue weighted by Gasteiger charge is 2.67. The molecule has 3 fully saturated rings. The summed E-state index contributed by atoms with van der Waals surface area (Å²) in [7, 11) is 0. The van der Waals surface area contributed by atoms with E-state index >= 15 is 0 Å². The number of ether oxygens (including phenoxy) is 1. The van der Waals surface area contributed by atoms with Gasteiger partial charge >= 0.3 is 0 Å². The third kappa shape index (κ3) is 2.71. The van der Waals surface area contributed by atoms with Crippen LogP contribution >= 0.6 is 22.6 Å². The molecular formula is C25H35IO. The van der Waals surface area contributed by atoms with E-state index in [1.807, 2.05) is 0 Å². The van der Waals surface area contributed by atoms with Crippen LogP contribution in [0, 0.1) is 24.2 Å². The lowest BCUT2D eigenvalue weighted by Crippen LogP contribution is -2.62. The molecule has 2 heteroatoms. The zero-order chi connectivity index (χ0) is 18.8. The summed E-state index contributed by atoms with van der Waals surface area (Å²) in [5.41, 5.74) is 5.43. The molecule has 1 heterocycles. The van der Waals surface area contributed by atoms with Gasteiger partial charge in [-0.25, -0.2) is 0 Å². The van der Waals surface area contributed by atoms with Crippen LogP contribution in [-0.2, 0) is 11.2 Å². The van der Waals surface area contributed by atoms with Crippen molar-refractivity contribution in [1.82, 2.24) is 0 Å². The van der Waals surface area contributed by atoms with Gasteiger partial charge in [0.05, 0.1) is 11.7 Å². The first-order chi connectivity index (χ1) is 13.0. The molecule has 148 valence electrons. The molecule has 4 aliphatic rings. The topological polar surface area (TPSA) is 9.23 Å². The number of hydrogen-bond acceptors (Lipinski definition) is 1. The number of halogens is 1. The Bertz CT molecular complexity index is 721. The van der Waals surface area contributed by atoms with E-state index in [2.05, 4.69) is 61.6 Å². The third-order valence-electron chi connectivity index (χ3n) is 9.05. The average molecular weight is 478 g/mol. The molecule has 0 aromatic heterocycles. The standard InChI is InChI=1S/C25H35IO/c1-4-5-22(26)23-15-25(27-23)13-11-21-20-9-7-17-14-16(2)6-8-18(17)19(20)10-12-24(21,25)3/h6,8,14,19-23H,4-5,7,9-13,15H2,1-3H3/t19-,20-,21+,22+,23+,24+,25-/m1/s1. The Morgan fingerprint density at radius 3 is 2.81 bits per heavy atom. The molecular weight excluding hydrogens is 443 g/mol. The second kappa shape index (κ2) is 6.72. The lowest BCUT2D eigenvalue weighted by Gasteiger charge is -2.60. The van der Waals surface area contributed by atoms with Crippen LogP contribution in [0.25, 0.3) is 0 Å². The van der Waals surface area contributed by atoms with Gasteiger partial charge in [0.1, 0.15) is 0 Å². The predicted octanol–water partition coefficient (Wildman–Crippen LogP) is 6.98. The highest BCUT2D eigenvalue weighted by molar-refractivity contribution is 14.1. The van der Waals surface area contributed by atoms with Crippen LogP contribution in [0.3, 0.4) is 0 Å². The second-order valence-electron chi connectivity index (χ2n) is 10.3. The molecule has 1 aromatic rings. The summed E-state index contributed by atoms with van der Waals surface area (Å²) in [6.07, 6.45) is 12.6. The van der Waals surface area contributed by atoms with E-state index in [0.29, 0.717) is 15.4 Å². The summed E-state index contributed by atoms with van der Waals surface area (Å²) in [5.74, 6) is 2.59. The normalized spacial score (nSPS) is 43.6. The van der Waals surface area contributed by atoms with Crippen molar-refractivity contribution in [2.75, 3.05) is 0 Å². The Hall–Kier alpha value is -0.0900. The smallest absolute Gasteiger partial charge is 0.0768 e. The Balaban J connectivity index is 1.37. The highest BCUT2D eigenvalue weighted by Crippen LogP contribution is 2.69. The number of aryl methyl sites for hydroxylation is 2. The number of fused-ring (bicyclic) bond motifs is 6. The zero-order valence-corrected chi connectivity index (χ0v) is 19.4. The van der Waals surface area contributed by atoms with Crippen molar-refractivity contribution >= 4 is 22.6 Å². The van der Waals surface area contributed by atoms with Gasteiger partial charge < -0.3 is 4.74 Å². The Morgan fingerprint density at radius 2 is 2.04 bits per heavy atom. The first-order valence-corrected chi connectivity index (χ1v) is 12.6. The number of benzene rings is 1. The number of hydrogen-bond donors (Lipinski definition) is 0. The van der Waals surface area contributed by atoms with Crippen molar-refractivity contribution in [3.8, 4) is 0 Å². The Morgan fingerprint density at radius 1 is 1.22 bits per heavy atom. The summed E-state index contributed by atoms with van der Waals surface area (Å²) in [6, 6.07) is 7.28. The van der Waals surface area contributed by atoms with Gasteiger partial charge in [-0.2, -0.15) is 0 Å². The molecule has 27 heavy (non-hydrogen) atoms. The molecule has 2 saturated carbocycles. The molecule has 0 amide bonds. The van der Waals surface area contributed by atoms with Crippen LogP contribution in [0.15, 0.2) is 18.2 Å². The maximum atomic E-state index is 6.83. The molecule has 3 aliphatic carbocycles. The maximum absolute atomic E-state index is 6.83. The molecule has 1 aromatic carbocycles. The monoisotopic (exact) mass is 478 g/mol. The summed E-state index contributed by atoms with van der Waals surface area (Å²) in [5, 5.41) is 0. The minimum Gasteiger partial charge on any atom is -0.370 e. The molecule has 1 spiro atoms. The van der Waals surface area contributed by atoms with Gasteiger partial charge in [-0.15, -0.1) is 0 Å². The van der Waals surface area contributed by atoms with Crippen molar-refractivity contribution in [3.63, 3.8) is 0 Å². The van der Waals surface area contributed by atoms with E-state index in [0.717, 1.165) is 17.8 Å². The number of rotatable bonds is 3. The molecule has 0 bridgehead atoms. The first kappa shape index (κ1) is 18.9. The fraction of sp³-hybridized carbons (Fsp3) is 0.760.